The molecule has 4 fully saturated rings. The molecule has 142 valence electrons. The van der Waals surface area contributed by atoms with Gasteiger partial charge in [0.15, 0.2) is 0 Å². The van der Waals surface area contributed by atoms with E-state index in [2.05, 4.69) is 61.0 Å². The number of hydrogen-bond donors (Lipinski definition) is 1. The Labute approximate surface area is 169 Å². The molecule has 7 heteroatoms. The first-order valence-electron chi connectivity index (χ1n) is 8.81. The molecular formula is C19H26N2O2S3. The van der Waals surface area contributed by atoms with Gasteiger partial charge in [-0.15, -0.1) is 41.2 Å². The number of benzene rings is 1. The van der Waals surface area contributed by atoms with Crippen LogP contribution < -0.4 is 5.73 Å². The summed E-state index contributed by atoms with van der Waals surface area (Å²) in [6.45, 7) is 6.24. The van der Waals surface area contributed by atoms with Crippen molar-refractivity contribution in [2.45, 2.75) is 60.2 Å². The number of anilines is 1. The largest absolute Gasteiger partial charge is 0.399 e. The standard InChI is InChI=1S/C10H12S3.C6H6N2O2.C3H8/c1-2-3-10-4-7-11-8(5-10)13-9(6-10)12-7;7-5-1-3-6(4-2-5)8(9)10;1-3-2/h7-9H,4-6H2,1H3;1-4H,7H2;3H2,1-2H3. The van der Waals surface area contributed by atoms with Crippen LogP contribution in [0.2, 0.25) is 0 Å². The molecule has 4 saturated heterocycles. The second kappa shape index (κ2) is 9.82. The molecule has 4 heterocycles. The lowest BCUT2D eigenvalue weighted by Crippen LogP contribution is -2.43. The van der Waals surface area contributed by atoms with Crippen LogP contribution in [0.15, 0.2) is 24.3 Å². The molecule has 2 N–H and O–H groups in total. The highest BCUT2D eigenvalue weighted by Crippen LogP contribution is 2.66. The minimum absolute atomic E-state index is 0.0641. The maximum atomic E-state index is 10.1. The highest BCUT2D eigenvalue weighted by atomic mass is 32.3. The lowest BCUT2D eigenvalue weighted by molar-refractivity contribution is -0.384. The lowest BCUT2D eigenvalue weighted by Gasteiger charge is -2.53. The zero-order valence-electron chi connectivity index (χ0n) is 15.4. The summed E-state index contributed by atoms with van der Waals surface area (Å²) >= 11 is 6.57. The Bertz CT molecular complexity index is 632. The smallest absolute Gasteiger partial charge is 0.269 e. The summed E-state index contributed by atoms with van der Waals surface area (Å²) < 4.78 is 2.58. The molecule has 4 nitrogen and oxygen atoms in total. The number of rotatable bonds is 1. The Morgan fingerprint density at radius 2 is 1.54 bits per heavy atom. The molecule has 5 rings (SSSR count). The lowest BCUT2D eigenvalue weighted by atomic mass is 9.79. The summed E-state index contributed by atoms with van der Waals surface area (Å²) in [5.74, 6) is 6.65. The van der Waals surface area contributed by atoms with Gasteiger partial charge in [-0.1, -0.05) is 26.2 Å². The fourth-order valence-corrected chi connectivity index (χ4v) is 10.4. The minimum Gasteiger partial charge on any atom is -0.399 e. The zero-order valence-corrected chi connectivity index (χ0v) is 17.9. The highest BCUT2D eigenvalue weighted by Gasteiger charge is 2.51. The van der Waals surface area contributed by atoms with Crippen LogP contribution in [0.5, 0.6) is 0 Å². The molecule has 0 radical (unpaired) electrons. The van der Waals surface area contributed by atoms with Gasteiger partial charge in [-0.25, -0.2) is 0 Å². The second-order valence-electron chi connectivity index (χ2n) is 6.52. The van der Waals surface area contributed by atoms with Crippen molar-refractivity contribution in [3.05, 3.63) is 34.4 Å². The molecule has 1 aromatic rings. The van der Waals surface area contributed by atoms with Gasteiger partial charge in [0.05, 0.1) is 18.7 Å². The summed E-state index contributed by atoms with van der Waals surface area (Å²) in [5, 5.41) is 10.1. The topological polar surface area (TPSA) is 69.2 Å². The Hall–Kier alpha value is -0.970. The van der Waals surface area contributed by atoms with Crippen LogP contribution in [-0.2, 0) is 0 Å². The number of hydrogen-bond acceptors (Lipinski definition) is 6. The van der Waals surface area contributed by atoms with Crippen molar-refractivity contribution in [1.82, 2.24) is 0 Å². The Balaban J connectivity index is 0.000000168. The van der Waals surface area contributed by atoms with Gasteiger partial charge in [0.1, 0.15) is 0 Å². The van der Waals surface area contributed by atoms with Gasteiger partial charge >= 0.3 is 0 Å². The molecule has 0 atom stereocenters. The van der Waals surface area contributed by atoms with Crippen molar-refractivity contribution < 1.29 is 4.92 Å². The predicted molar refractivity (Wildman–Crippen MR) is 117 cm³/mol. The zero-order chi connectivity index (χ0) is 19.2. The van der Waals surface area contributed by atoms with E-state index in [9.17, 15) is 10.1 Å². The molecule has 4 bridgehead atoms. The molecular weight excluding hydrogens is 384 g/mol. The highest BCUT2D eigenvalue weighted by molar-refractivity contribution is 8.33. The van der Waals surface area contributed by atoms with Crippen LogP contribution >= 0.6 is 35.3 Å². The Kier molecular flexibility index (Phi) is 8.05. The van der Waals surface area contributed by atoms with Crippen LogP contribution in [0.3, 0.4) is 0 Å². The first-order chi connectivity index (χ1) is 12.4. The number of non-ortho nitro benzene ring substituents is 1. The van der Waals surface area contributed by atoms with Crippen LogP contribution in [0.4, 0.5) is 11.4 Å². The number of nitro benzene ring substituents is 1. The third-order valence-electron chi connectivity index (χ3n) is 4.08. The van der Waals surface area contributed by atoms with Crippen LogP contribution in [0.25, 0.3) is 0 Å². The third-order valence-corrected chi connectivity index (χ3v) is 8.90. The average Bonchev–Trinajstić information content (AvgIpc) is 2.55. The summed E-state index contributed by atoms with van der Waals surface area (Å²) in [7, 11) is 0. The van der Waals surface area contributed by atoms with E-state index in [0.717, 1.165) is 13.7 Å². The molecule has 26 heavy (non-hydrogen) atoms. The van der Waals surface area contributed by atoms with Gasteiger partial charge in [0.2, 0.25) is 0 Å². The first kappa shape index (κ1) is 21.3. The number of nitrogen functional groups attached to an aromatic ring is 1. The summed E-state index contributed by atoms with van der Waals surface area (Å²) in [6, 6.07) is 5.74. The number of nitro groups is 1. The number of nitrogens with zero attached hydrogens (tertiary/aromatic N) is 1. The summed E-state index contributed by atoms with van der Waals surface area (Å²) in [4.78, 5) is 9.62. The monoisotopic (exact) mass is 410 g/mol. The quantitative estimate of drug-likeness (QED) is 0.266. The van der Waals surface area contributed by atoms with Gasteiger partial charge in [0, 0.05) is 23.2 Å². The van der Waals surface area contributed by atoms with Crippen molar-refractivity contribution in [2.24, 2.45) is 5.41 Å². The molecule has 0 amide bonds. The van der Waals surface area contributed by atoms with Gasteiger partial charge < -0.3 is 5.73 Å². The molecule has 0 saturated carbocycles. The van der Waals surface area contributed by atoms with Gasteiger partial charge in [0.25, 0.3) is 5.69 Å². The summed E-state index contributed by atoms with van der Waals surface area (Å²) in [5.41, 5.74) is 6.33. The van der Waals surface area contributed by atoms with E-state index in [1.165, 1.54) is 49.9 Å². The SMILES string of the molecule is CC#CC12CC3SC(C1)SC(C2)S3.CCC.Nc1ccc([N+](=O)[O-])cc1. The van der Waals surface area contributed by atoms with Crippen molar-refractivity contribution in [3.63, 3.8) is 0 Å². The third kappa shape index (κ3) is 5.77. The predicted octanol–water partition coefficient (Wildman–Crippen LogP) is 5.98. The van der Waals surface area contributed by atoms with E-state index in [1.807, 2.05) is 6.92 Å². The van der Waals surface area contributed by atoms with Gasteiger partial charge in [-0.05, 0) is 38.3 Å². The minimum atomic E-state index is -0.459. The van der Waals surface area contributed by atoms with Crippen LogP contribution in [0, 0.1) is 27.4 Å². The van der Waals surface area contributed by atoms with E-state index in [0.29, 0.717) is 11.1 Å². The summed E-state index contributed by atoms with van der Waals surface area (Å²) in [6.07, 6.45) is 5.28. The molecule has 1 aromatic carbocycles. The Morgan fingerprint density at radius 1 is 1.12 bits per heavy atom. The van der Waals surface area contributed by atoms with Crippen molar-refractivity contribution in [2.75, 3.05) is 5.73 Å². The van der Waals surface area contributed by atoms with Crippen molar-refractivity contribution in [1.29, 1.82) is 0 Å². The van der Waals surface area contributed by atoms with E-state index in [-0.39, 0.29) is 5.69 Å². The maximum Gasteiger partial charge on any atom is 0.269 e. The normalized spacial score (nSPS) is 30.0. The van der Waals surface area contributed by atoms with E-state index in [1.54, 1.807) is 0 Å². The van der Waals surface area contributed by atoms with Crippen LogP contribution in [-0.4, -0.2) is 18.7 Å². The first-order valence-corrected chi connectivity index (χ1v) is 11.6. The Morgan fingerprint density at radius 3 is 1.88 bits per heavy atom. The number of thioether (sulfide) groups is 3. The fourth-order valence-electron chi connectivity index (χ4n) is 3.11. The molecule has 0 spiro atoms. The fraction of sp³-hybridized carbons (Fsp3) is 0.579. The molecule has 0 aliphatic carbocycles. The van der Waals surface area contributed by atoms with Gasteiger partial charge in [-0.3, -0.25) is 10.1 Å². The van der Waals surface area contributed by atoms with Crippen molar-refractivity contribution in [3.8, 4) is 11.8 Å². The molecule has 0 unspecified atom stereocenters. The van der Waals surface area contributed by atoms with E-state index >= 15 is 0 Å². The molecule has 0 aromatic heterocycles. The molecule has 4 aliphatic heterocycles. The van der Waals surface area contributed by atoms with Crippen molar-refractivity contribution >= 4 is 46.7 Å². The molecule has 4 aliphatic rings. The van der Waals surface area contributed by atoms with Crippen LogP contribution in [0.1, 0.15) is 46.5 Å². The maximum absolute atomic E-state index is 10.1. The van der Waals surface area contributed by atoms with E-state index < -0.39 is 4.92 Å². The van der Waals surface area contributed by atoms with Gasteiger partial charge in [-0.2, -0.15) is 0 Å². The number of nitrogens with two attached hydrogens (primary N) is 1. The van der Waals surface area contributed by atoms with E-state index in [4.69, 9.17) is 5.73 Å². The average molecular weight is 411 g/mol. The second-order valence-corrected chi connectivity index (χ2v) is 11.6.